The number of amides is 1. The largest absolute Gasteiger partial charge is 0.493 e. The van der Waals surface area contributed by atoms with Gasteiger partial charge in [-0.2, -0.15) is 0 Å². The van der Waals surface area contributed by atoms with Gasteiger partial charge in [-0.25, -0.2) is 0 Å². The third-order valence-corrected chi connectivity index (χ3v) is 6.74. The SMILES string of the molecule is CNC(=O)c1ccc(-c2cccc(C3=NC(C)(C)Cc4cc(OC)c5c(c43)CC(C)(C)O5)c2)cc1. The van der Waals surface area contributed by atoms with Crippen LogP contribution in [-0.2, 0) is 12.8 Å². The number of aliphatic imine (C=N–C) groups is 1. The molecule has 2 heterocycles. The van der Waals surface area contributed by atoms with Crippen molar-refractivity contribution in [3.8, 4) is 22.6 Å². The number of carbonyl (C=O) groups is 1. The summed E-state index contributed by atoms with van der Waals surface area (Å²) in [7, 11) is 3.35. The number of nitrogens with one attached hydrogen (secondary N) is 1. The smallest absolute Gasteiger partial charge is 0.251 e. The molecular weight excluding hydrogens is 436 g/mol. The highest BCUT2D eigenvalue weighted by atomic mass is 16.5. The number of nitrogens with zero attached hydrogens (tertiary/aromatic N) is 1. The zero-order valence-corrected chi connectivity index (χ0v) is 21.3. The summed E-state index contributed by atoms with van der Waals surface area (Å²) < 4.78 is 12.1. The van der Waals surface area contributed by atoms with Crippen LogP contribution in [0.1, 0.15) is 60.3 Å². The number of carbonyl (C=O) groups excluding carboxylic acids is 1. The molecule has 5 heteroatoms. The van der Waals surface area contributed by atoms with Crippen molar-refractivity contribution in [2.75, 3.05) is 14.2 Å². The topological polar surface area (TPSA) is 59.9 Å². The third kappa shape index (κ3) is 4.20. The Kier molecular flexibility index (Phi) is 5.47. The van der Waals surface area contributed by atoms with E-state index in [9.17, 15) is 4.79 Å². The van der Waals surface area contributed by atoms with E-state index < -0.39 is 0 Å². The van der Waals surface area contributed by atoms with Gasteiger partial charge < -0.3 is 14.8 Å². The molecule has 2 aliphatic rings. The van der Waals surface area contributed by atoms with Crippen LogP contribution in [0.25, 0.3) is 11.1 Å². The van der Waals surface area contributed by atoms with Crippen LogP contribution in [0.3, 0.4) is 0 Å². The summed E-state index contributed by atoms with van der Waals surface area (Å²) in [4.78, 5) is 17.2. The summed E-state index contributed by atoms with van der Waals surface area (Å²) >= 11 is 0. The molecule has 0 aromatic heterocycles. The standard InChI is InChI=1S/C30H32N2O3/c1-29(2)16-22-15-24(34-6)27-23(17-30(3,4)35-27)25(22)26(32-29)21-9-7-8-20(14-21)18-10-12-19(13-11-18)28(33)31-5/h7-15H,16-17H2,1-6H3,(H,31,33). The van der Waals surface area contributed by atoms with Gasteiger partial charge in [0.25, 0.3) is 5.91 Å². The van der Waals surface area contributed by atoms with Gasteiger partial charge in [0, 0.05) is 35.7 Å². The first-order valence-corrected chi connectivity index (χ1v) is 12.1. The van der Waals surface area contributed by atoms with Gasteiger partial charge in [0.15, 0.2) is 11.5 Å². The molecule has 35 heavy (non-hydrogen) atoms. The second kappa shape index (κ2) is 8.26. The highest BCUT2D eigenvalue weighted by Gasteiger charge is 2.39. The van der Waals surface area contributed by atoms with Gasteiger partial charge in [0.1, 0.15) is 5.60 Å². The van der Waals surface area contributed by atoms with Gasteiger partial charge in [-0.1, -0.05) is 30.3 Å². The van der Waals surface area contributed by atoms with Crippen molar-refractivity contribution in [1.29, 1.82) is 0 Å². The van der Waals surface area contributed by atoms with Crippen LogP contribution in [0.4, 0.5) is 0 Å². The summed E-state index contributed by atoms with van der Waals surface area (Å²) in [5.74, 6) is 1.55. The predicted molar refractivity (Wildman–Crippen MR) is 140 cm³/mol. The first-order valence-electron chi connectivity index (χ1n) is 12.1. The average molecular weight is 469 g/mol. The van der Waals surface area contributed by atoms with Crippen LogP contribution in [-0.4, -0.2) is 36.9 Å². The van der Waals surface area contributed by atoms with Gasteiger partial charge in [-0.15, -0.1) is 0 Å². The van der Waals surface area contributed by atoms with E-state index in [-0.39, 0.29) is 17.0 Å². The number of hydrogen-bond acceptors (Lipinski definition) is 4. The summed E-state index contributed by atoms with van der Waals surface area (Å²) in [6, 6.07) is 18.3. The van der Waals surface area contributed by atoms with E-state index in [4.69, 9.17) is 14.5 Å². The molecule has 2 aliphatic heterocycles. The van der Waals surface area contributed by atoms with Crippen molar-refractivity contribution in [3.05, 3.63) is 82.4 Å². The van der Waals surface area contributed by atoms with Gasteiger partial charge in [-0.3, -0.25) is 9.79 Å². The number of rotatable bonds is 4. The molecule has 0 saturated carbocycles. The van der Waals surface area contributed by atoms with Crippen molar-refractivity contribution in [1.82, 2.24) is 5.32 Å². The fraction of sp³-hybridized carbons (Fsp3) is 0.333. The Morgan fingerprint density at radius 2 is 1.69 bits per heavy atom. The van der Waals surface area contributed by atoms with E-state index in [1.54, 1.807) is 14.2 Å². The van der Waals surface area contributed by atoms with Crippen LogP contribution >= 0.6 is 0 Å². The lowest BCUT2D eigenvalue weighted by Gasteiger charge is -2.31. The molecule has 0 unspecified atom stereocenters. The summed E-state index contributed by atoms with van der Waals surface area (Å²) in [5, 5.41) is 2.67. The minimum absolute atomic E-state index is 0.0878. The molecule has 0 aliphatic carbocycles. The maximum absolute atomic E-state index is 11.9. The molecule has 0 fully saturated rings. The first kappa shape index (κ1) is 23.2. The summed E-state index contributed by atoms with van der Waals surface area (Å²) in [6.45, 7) is 8.59. The highest BCUT2D eigenvalue weighted by molar-refractivity contribution is 6.16. The Balaban J connectivity index is 1.63. The Labute approximate surface area is 207 Å². The summed E-state index contributed by atoms with van der Waals surface area (Å²) in [5.41, 5.74) is 7.93. The molecular formula is C30H32N2O3. The molecule has 0 atom stereocenters. The lowest BCUT2D eigenvalue weighted by Crippen LogP contribution is -2.30. The molecule has 1 N–H and O–H groups in total. The molecule has 0 bridgehead atoms. The van der Waals surface area contributed by atoms with Crippen molar-refractivity contribution in [3.63, 3.8) is 0 Å². The normalized spacial score (nSPS) is 17.0. The van der Waals surface area contributed by atoms with Crippen LogP contribution in [0, 0.1) is 0 Å². The van der Waals surface area contributed by atoms with Gasteiger partial charge in [0.2, 0.25) is 0 Å². The third-order valence-electron chi connectivity index (χ3n) is 6.74. The number of hydrogen-bond donors (Lipinski definition) is 1. The molecule has 1 amide bonds. The van der Waals surface area contributed by atoms with Crippen LogP contribution in [0.15, 0.2) is 59.6 Å². The van der Waals surface area contributed by atoms with Gasteiger partial charge in [-0.05, 0) is 75.1 Å². The zero-order chi connectivity index (χ0) is 25.0. The maximum atomic E-state index is 11.9. The van der Waals surface area contributed by atoms with Crippen molar-refractivity contribution in [2.24, 2.45) is 4.99 Å². The highest BCUT2D eigenvalue weighted by Crippen LogP contribution is 2.48. The van der Waals surface area contributed by atoms with Crippen molar-refractivity contribution < 1.29 is 14.3 Å². The van der Waals surface area contributed by atoms with Crippen LogP contribution in [0.2, 0.25) is 0 Å². The number of methoxy groups -OCH3 is 1. The molecule has 3 aromatic carbocycles. The molecule has 0 spiro atoms. The molecule has 0 radical (unpaired) electrons. The Morgan fingerprint density at radius 1 is 0.971 bits per heavy atom. The second-order valence-electron chi connectivity index (χ2n) is 10.6. The Bertz CT molecular complexity index is 1350. The predicted octanol–water partition coefficient (Wildman–Crippen LogP) is 5.61. The van der Waals surface area contributed by atoms with Crippen LogP contribution in [0.5, 0.6) is 11.5 Å². The van der Waals surface area contributed by atoms with E-state index in [1.165, 1.54) is 16.7 Å². The fourth-order valence-electron chi connectivity index (χ4n) is 5.23. The molecule has 5 rings (SSSR count). The lowest BCUT2D eigenvalue weighted by molar-refractivity contribution is 0.0963. The van der Waals surface area contributed by atoms with E-state index in [1.807, 2.05) is 24.3 Å². The second-order valence-corrected chi connectivity index (χ2v) is 10.6. The summed E-state index contributed by atoms with van der Waals surface area (Å²) in [6.07, 6.45) is 1.65. The number of benzene rings is 3. The lowest BCUT2D eigenvalue weighted by atomic mass is 9.80. The fourth-order valence-corrected chi connectivity index (χ4v) is 5.23. The quantitative estimate of drug-likeness (QED) is 0.542. The molecule has 0 saturated heterocycles. The van der Waals surface area contributed by atoms with E-state index in [0.717, 1.165) is 46.7 Å². The van der Waals surface area contributed by atoms with Crippen molar-refractivity contribution >= 4 is 11.6 Å². The van der Waals surface area contributed by atoms with Crippen LogP contribution < -0.4 is 14.8 Å². The Hall–Kier alpha value is -3.60. The van der Waals surface area contributed by atoms with E-state index >= 15 is 0 Å². The average Bonchev–Trinajstić information content (AvgIpc) is 3.16. The number of ether oxygens (including phenoxy) is 2. The van der Waals surface area contributed by atoms with Gasteiger partial charge >= 0.3 is 0 Å². The van der Waals surface area contributed by atoms with Crippen molar-refractivity contribution in [2.45, 2.75) is 51.7 Å². The zero-order valence-electron chi connectivity index (χ0n) is 21.3. The van der Waals surface area contributed by atoms with Gasteiger partial charge in [0.05, 0.1) is 18.4 Å². The Morgan fingerprint density at radius 3 is 2.37 bits per heavy atom. The molecule has 180 valence electrons. The minimum atomic E-state index is -0.294. The molecule has 3 aromatic rings. The number of fused-ring (bicyclic) bond motifs is 3. The maximum Gasteiger partial charge on any atom is 0.251 e. The van der Waals surface area contributed by atoms with E-state index in [2.05, 4.69) is 63.3 Å². The monoisotopic (exact) mass is 468 g/mol. The molecule has 5 nitrogen and oxygen atoms in total. The minimum Gasteiger partial charge on any atom is -0.493 e. The first-order chi connectivity index (χ1) is 16.6. The van der Waals surface area contributed by atoms with E-state index in [0.29, 0.717) is 5.56 Å².